The largest absolute Gasteiger partial charge is 0.378 e. The number of nitrogens with zero attached hydrogens (tertiary/aromatic N) is 2. The van der Waals surface area contributed by atoms with Gasteiger partial charge in [0.05, 0.1) is 23.4 Å². The monoisotopic (exact) mass is 473 g/mol. The first kappa shape index (κ1) is 23.8. The first-order chi connectivity index (χ1) is 16.1. The molecule has 8 nitrogen and oxygen atoms in total. The maximum absolute atomic E-state index is 13.2. The lowest BCUT2D eigenvalue weighted by Gasteiger charge is -2.31. The molecule has 0 radical (unpaired) electrons. The summed E-state index contributed by atoms with van der Waals surface area (Å²) in [6.07, 6.45) is 6.64. The number of anilines is 1. The van der Waals surface area contributed by atoms with Crippen molar-refractivity contribution >= 4 is 38.6 Å². The summed E-state index contributed by atoms with van der Waals surface area (Å²) < 4.78 is 6.48. The summed E-state index contributed by atoms with van der Waals surface area (Å²) in [7, 11) is 0. The lowest BCUT2D eigenvalue weighted by molar-refractivity contribution is -0.124. The van der Waals surface area contributed by atoms with Crippen molar-refractivity contribution in [3.8, 4) is 0 Å². The highest BCUT2D eigenvalue weighted by Crippen LogP contribution is 2.28. The molecule has 1 saturated heterocycles. The average Bonchev–Trinajstić information content (AvgIpc) is 3.26. The van der Waals surface area contributed by atoms with Gasteiger partial charge in [-0.15, -0.1) is 0 Å². The van der Waals surface area contributed by atoms with Crippen molar-refractivity contribution in [3.05, 3.63) is 24.3 Å². The van der Waals surface area contributed by atoms with Gasteiger partial charge in [-0.25, -0.2) is 9.78 Å². The Hall–Kier alpha value is -2.39. The molecule has 2 heterocycles. The lowest BCUT2D eigenvalue weighted by Crippen LogP contribution is -2.55. The Morgan fingerprint density at radius 3 is 2.67 bits per heavy atom. The van der Waals surface area contributed by atoms with Gasteiger partial charge in [-0.3, -0.25) is 4.79 Å². The Balaban J connectivity index is 1.32. The Labute approximate surface area is 199 Å². The molecule has 0 bridgehead atoms. The van der Waals surface area contributed by atoms with Gasteiger partial charge >= 0.3 is 6.03 Å². The van der Waals surface area contributed by atoms with Crippen LogP contribution in [-0.4, -0.2) is 66.8 Å². The van der Waals surface area contributed by atoms with E-state index in [0.717, 1.165) is 28.2 Å². The van der Waals surface area contributed by atoms with Crippen LogP contribution in [0.3, 0.4) is 0 Å². The quantitative estimate of drug-likeness (QED) is 0.545. The normalized spacial score (nSPS) is 19.1. The smallest absolute Gasteiger partial charge is 0.318 e. The highest BCUT2D eigenvalue weighted by atomic mass is 32.1. The van der Waals surface area contributed by atoms with Crippen molar-refractivity contribution in [2.75, 3.05) is 38.2 Å². The van der Waals surface area contributed by atoms with Crippen molar-refractivity contribution in [3.63, 3.8) is 0 Å². The molecule has 33 heavy (non-hydrogen) atoms. The highest BCUT2D eigenvalue weighted by Gasteiger charge is 2.28. The van der Waals surface area contributed by atoms with E-state index in [-0.39, 0.29) is 18.0 Å². The van der Waals surface area contributed by atoms with Crippen molar-refractivity contribution in [2.24, 2.45) is 5.92 Å². The Kier molecular flexibility index (Phi) is 8.39. The van der Waals surface area contributed by atoms with Crippen molar-refractivity contribution in [1.29, 1.82) is 0 Å². The summed E-state index contributed by atoms with van der Waals surface area (Å²) in [5.41, 5.74) is 0.972. The van der Waals surface area contributed by atoms with E-state index in [9.17, 15) is 9.59 Å². The molecule has 2 aliphatic rings. The van der Waals surface area contributed by atoms with Crippen molar-refractivity contribution in [1.82, 2.24) is 20.5 Å². The number of hydrogen-bond donors (Lipinski definition) is 3. The fraction of sp³-hybridized carbons (Fsp3) is 0.625. The molecule has 1 aromatic heterocycles. The number of amides is 3. The van der Waals surface area contributed by atoms with Crippen LogP contribution in [0, 0.1) is 5.92 Å². The van der Waals surface area contributed by atoms with Gasteiger partial charge in [-0.05, 0) is 31.4 Å². The molecular weight excluding hydrogens is 438 g/mol. The van der Waals surface area contributed by atoms with Crippen molar-refractivity contribution in [2.45, 2.75) is 57.5 Å². The maximum atomic E-state index is 13.2. The maximum Gasteiger partial charge on any atom is 0.318 e. The van der Waals surface area contributed by atoms with E-state index in [4.69, 9.17) is 4.74 Å². The van der Waals surface area contributed by atoms with Gasteiger partial charge in [0.2, 0.25) is 5.91 Å². The second-order valence-electron chi connectivity index (χ2n) is 9.12. The SMILES string of the molecule is C[C@@H](CNc1nc2ccccc2s1)NC(=O)[C@H](CC1CCCCC1)NC(=O)N1CCOCC1. The molecule has 9 heteroatoms. The van der Waals surface area contributed by atoms with Crippen LogP contribution in [0.25, 0.3) is 10.2 Å². The zero-order chi connectivity index (χ0) is 23.0. The fourth-order valence-electron chi connectivity index (χ4n) is 4.58. The van der Waals surface area contributed by atoms with Crippen LogP contribution in [0.2, 0.25) is 0 Å². The molecule has 1 aliphatic heterocycles. The third kappa shape index (κ3) is 6.80. The van der Waals surface area contributed by atoms with Crippen LogP contribution in [0.4, 0.5) is 9.93 Å². The summed E-state index contributed by atoms with van der Waals surface area (Å²) in [4.78, 5) is 32.3. The summed E-state index contributed by atoms with van der Waals surface area (Å²) >= 11 is 1.60. The number of nitrogens with one attached hydrogen (secondary N) is 3. The number of fused-ring (bicyclic) bond motifs is 1. The van der Waals surface area contributed by atoms with Crippen LogP contribution in [0.1, 0.15) is 45.4 Å². The van der Waals surface area contributed by atoms with Crippen LogP contribution in [-0.2, 0) is 9.53 Å². The van der Waals surface area contributed by atoms with Crippen LogP contribution >= 0.6 is 11.3 Å². The van der Waals surface area contributed by atoms with Gasteiger partial charge in [0.15, 0.2) is 5.13 Å². The van der Waals surface area contributed by atoms with E-state index >= 15 is 0 Å². The number of morpholine rings is 1. The topological polar surface area (TPSA) is 95.6 Å². The molecule has 0 spiro atoms. The summed E-state index contributed by atoms with van der Waals surface area (Å²) in [5.74, 6) is 0.372. The van der Waals surface area contributed by atoms with Gasteiger partial charge in [0, 0.05) is 25.7 Å². The number of para-hydroxylation sites is 1. The summed E-state index contributed by atoms with van der Waals surface area (Å²) in [5, 5.41) is 10.3. The Morgan fingerprint density at radius 1 is 1.15 bits per heavy atom. The Morgan fingerprint density at radius 2 is 1.91 bits per heavy atom. The summed E-state index contributed by atoms with van der Waals surface area (Å²) in [6, 6.07) is 7.24. The molecule has 2 aromatic rings. The highest BCUT2D eigenvalue weighted by molar-refractivity contribution is 7.22. The van der Waals surface area contributed by atoms with Gasteiger partial charge in [0.25, 0.3) is 0 Å². The number of thiazole rings is 1. The fourth-order valence-corrected chi connectivity index (χ4v) is 5.45. The second-order valence-corrected chi connectivity index (χ2v) is 10.1. The first-order valence-corrected chi connectivity index (χ1v) is 12.9. The number of aromatic nitrogens is 1. The zero-order valence-electron chi connectivity index (χ0n) is 19.3. The van der Waals surface area contributed by atoms with Gasteiger partial charge in [-0.1, -0.05) is 55.6 Å². The minimum atomic E-state index is -0.520. The first-order valence-electron chi connectivity index (χ1n) is 12.1. The van der Waals surface area contributed by atoms with E-state index in [1.54, 1.807) is 16.2 Å². The lowest BCUT2D eigenvalue weighted by atomic mass is 9.84. The number of hydrogen-bond acceptors (Lipinski definition) is 6. The molecule has 0 unspecified atom stereocenters. The standard InChI is InChI=1S/C24H35N5O3S/c1-17(16-25-23-27-19-9-5-6-10-21(19)33-23)26-22(30)20(15-18-7-3-2-4-8-18)28-24(31)29-11-13-32-14-12-29/h5-6,9-10,17-18,20H,2-4,7-8,11-16H2,1H3,(H,25,27)(H,26,30)(H,28,31)/t17-,20-/m0/s1. The van der Waals surface area contributed by atoms with E-state index in [1.165, 1.54) is 19.3 Å². The minimum Gasteiger partial charge on any atom is -0.378 e. The molecule has 1 aromatic carbocycles. The molecule has 3 N–H and O–H groups in total. The minimum absolute atomic E-state index is 0.0985. The van der Waals surface area contributed by atoms with Crippen LogP contribution in [0.15, 0.2) is 24.3 Å². The number of carbonyl (C=O) groups is 2. The van der Waals surface area contributed by atoms with Crippen LogP contribution < -0.4 is 16.0 Å². The average molecular weight is 474 g/mol. The molecule has 1 saturated carbocycles. The van der Waals surface area contributed by atoms with Gasteiger partial charge in [0.1, 0.15) is 6.04 Å². The second kappa shape index (κ2) is 11.7. The predicted molar refractivity (Wildman–Crippen MR) is 132 cm³/mol. The molecule has 3 amide bonds. The van der Waals surface area contributed by atoms with Crippen LogP contribution in [0.5, 0.6) is 0 Å². The number of rotatable bonds is 8. The predicted octanol–water partition coefficient (Wildman–Crippen LogP) is 3.59. The number of carbonyl (C=O) groups excluding carboxylic acids is 2. The van der Waals surface area contributed by atoms with E-state index in [2.05, 4.69) is 27.0 Å². The van der Waals surface area contributed by atoms with E-state index < -0.39 is 6.04 Å². The van der Waals surface area contributed by atoms with Gasteiger partial charge in [-0.2, -0.15) is 0 Å². The number of urea groups is 1. The molecule has 4 rings (SSSR count). The van der Waals surface area contributed by atoms with E-state index in [0.29, 0.717) is 45.2 Å². The molecular formula is C24H35N5O3S. The van der Waals surface area contributed by atoms with Gasteiger partial charge < -0.3 is 25.6 Å². The third-order valence-electron chi connectivity index (χ3n) is 6.45. The molecule has 180 valence electrons. The number of ether oxygens (including phenoxy) is 1. The molecule has 2 atom stereocenters. The third-order valence-corrected chi connectivity index (χ3v) is 7.44. The van der Waals surface area contributed by atoms with Crippen molar-refractivity contribution < 1.29 is 14.3 Å². The van der Waals surface area contributed by atoms with E-state index in [1.807, 2.05) is 25.1 Å². The Bertz CT molecular complexity index is 891. The number of benzene rings is 1. The molecule has 1 aliphatic carbocycles. The summed E-state index contributed by atoms with van der Waals surface area (Å²) in [6.45, 7) is 4.75. The molecule has 2 fully saturated rings. The zero-order valence-corrected chi connectivity index (χ0v) is 20.2.